The number of hydrogen-bond acceptors (Lipinski definition) is 3. The van der Waals surface area contributed by atoms with Crippen LogP contribution < -0.4 is 15.5 Å². The maximum Gasteiger partial charge on any atom is 0.0607 e. The average molecular weight is 224 g/mol. The molecule has 1 unspecified atom stereocenters. The SMILES string of the molecule is Clc1ccc2c(c1)NCC1CNCCN21. The lowest BCUT2D eigenvalue weighted by atomic mass is 10.1. The molecule has 2 aliphatic rings. The minimum Gasteiger partial charge on any atom is -0.381 e. The first-order chi connectivity index (χ1) is 7.34. The molecule has 80 valence electrons. The van der Waals surface area contributed by atoms with Gasteiger partial charge in [0.1, 0.15) is 0 Å². The third kappa shape index (κ3) is 1.56. The summed E-state index contributed by atoms with van der Waals surface area (Å²) in [7, 11) is 0. The molecule has 1 fully saturated rings. The van der Waals surface area contributed by atoms with Crippen LogP contribution in [0, 0.1) is 0 Å². The molecule has 2 heterocycles. The lowest BCUT2D eigenvalue weighted by Crippen LogP contribution is -2.56. The molecule has 1 aromatic carbocycles. The zero-order valence-electron chi connectivity index (χ0n) is 8.46. The Labute approximate surface area is 94.4 Å². The lowest BCUT2D eigenvalue weighted by molar-refractivity contribution is 0.482. The maximum atomic E-state index is 5.98. The molecule has 0 radical (unpaired) electrons. The minimum absolute atomic E-state index is 0.576. The Morgan fingerprint density at radius 1 is 1.33 bits per heavy atom. The van der Waals surface area contributed by atoms with Crippen molar-refractivity contribution in [2.45, 2.75) is 6.04 Å². The van der Waals surface area contributed by atoms with Crippen molar-refractivity contribution in [2.24, 2.45) is 0 Å². The quantitative estimate of drug-likeness (QED) is 0.699. The first-order valence-corrected chi connectivity index (χ1v) is 5.73. The molecule has 1 aromatic rings. The molecule has 0 aliphatic carbocycles. The van der Waals surface area contributed by atoms with Crippen LogP contribution in [0.5, 0.6) is 0 Å². The fraction of sp³-hybridized carbons (Fsp3) is 0.455. The normalized spacial score (nSPS) is 24.1. The first kappa shape index (κ1) is 9.31. The van der Waals surface area contributed by atoms with Crippen LogP contribution in [0.1, 0.15) is 0 Å². The number of rotatable bonds is 0. The van der Waals surface area contributed by atoms with Crippen molar-refractivity contribution < 1.29 is 0 Å². The molecule has 2 aliphatic heterocycles. The van der Waals surface area contributed by atoms with E-state index in [1.807, 2.05) is 12.1 Å². The molecular formula is C11H14ClN3. The number of halogens is 1. The van der Waals surface area contributed by atoms with Crippen LogP contribution in [0.4, 0.5) is 11.4 Å². The molecular weight excluding hydrogens is 210 g/mol. The van der Waals surface area contributed by atoms with Gasteiger partial charge in [-0.25, -0.2) is 0 Å². The summed E-state index contributed by atoms with van der Waals surface area (Å²) in [6.45, 7) is 4.22. The predicted octanol–water partition coefficient (Wildman–Crippen LogP) is 1.54. The van der Waals surface area contributed by atoms with Gasteiger partial charge in [-0.2, -0.15) is 0 Å². The summed E-state index contributed by atoms with van der Waals surface area (Å²) in [6, 6.07) is 6.66. The summed E-state index contributed by atoms with van der Waals surface area (Å²) in [5.74, 6) is 0. The highest BCUT2D eigenvalue weighted by atomic mass is 35.5. The Bertz CT molecular complexity index is 380. The van der Waals surface area contributed by atoms with Crippen LogP contribution in [0.2, 0.25) is 5.02 Å². The zero-order valence-corrected chi connectivity index (χ0v) is 9.22. The number of benzene rings is 1. The Balaban J connectivity index is 1.99. The molecule has 0 bridgehead atoms. The highest BCUT2D eigenvalue weighted by molar-refractivity contribution is 6.31. The van der Waals surface area contributed by atoms with Crippen LogP contribution >= 0.6 is 11.6 Å². The summed E-state index contributed by atoms with van der Waals surface area (Å²) in [5.41, 5.74) is 2.46. The molecule has 15 heavy (non-hydrogen) atoms. The summed E-state index contributed by atoms with van der Waals surface area (Å²) in [5, 5.41) is 7.66. The molecule has 0 saturated carbocycles. The van der Waals surface area contributed by atoms with Crippen molar-refractivity contribution in [1.29, 1.82) is 0 Å². The number of nitrogens with one attached hydrogen (secondary N) is 2. The molecule has 3 rings (SSSR count). The molecule has 0 amide bonds. The summed E-state index contributed by atoms with van der Waals surface area (Å²) < 4.78 is 0. The van der Waals surface area contributed by atoms with Gasteiger partial charge in [-0.3, -0.25) is 0 Å². The van der Waals surface area contributed by atoms with Gasteiger partial charge in [0.05, 0.1) is 17.4 Å². The average Bonchev–Trinajstić information content (AvgIpc) is 2.28. The van der Waals surface area contributed by atoms with Gasteiger partial charge in [0.2, 0.25) is 0 Å². The van der Waals surface area contributed by atoms with Crippen LogP contribution in [-0.4, -0.2) is 32.2 Å². The third-order valence-electron chi connectivity index (χ3n) is 3.15. The third-order valence-corrected chi connectivity index (χ3v) is 3.38. The van der Waals surface area contributed by atoms with Crippen molar-refractivity contribution in [1.82, 2.24) is 5.32 Å². The van der Waals surface area contributed by atoms with Gasteiger partial charge in [-0.05, 0) is 18.2 Å². The van der Waals surface area contributed by atoms with E-state index < -0.39 is 0 Å². The largest absolute Gasteiger partial charge is 0.381 e. The van der Waals surface area contributed by atoms with E-state index in [0.717, 1.165) is 31.2 Å². The lowest BCUT2D eigenvalue weighted by Gasteiger charge is -2.42. The second kappa shape index (κ2) is 3.58. The molecule has 0 spiro atoms. The van der Waals surface area contributed by atoms with Crippen LogP contribution in [0.25, 0.3) is 0 Å². The van der Waals surface area contributed by atoms with Gasteiger partial charge in [0.25, 0.3) is 0 Å². The predicted molar refractivity (Wildman–Crippen MR) is 63.9 cm³/mol. The number of piperazine rings is 1. The van der Waals surface area contributed by atoms with Gasteiger partial charge >= 0.3 is 0 Å². The van der Waals surface area contributed by atoms with Gasteiger partial charge in [-0.1, -0.05) is 11.6 Å². The van der Waals surface area contributed by atoms with Crippen molar-refractivity contribution >= 4 is 23.0 Å². The van der Waals surface area contributed by atoms with Crippen molar-refractivity contribution in [2.75, 3.05) is 36.4 Å². The van der Waals surface area contributed by atoms with Gasteiger partial charge in [0, 0.05) is 31.2 Å². The van der Waals surface area contributed by atoms with Crippen LogP contribution in [-0.2, 0) is 0 Å². The Kier molecular flexibility index (Phi) is 2.22. The monoisotopic (exact) mass is 223 g/mol. The van der Waals surface area contributed by atoms with E-state index in [1.54, 1.807) is 0 Å². The highest BCUT2D eigenvalue weighted by Gasteiger charge is 2.27. The molecule has 1 saturated heterocycles. The Morgan fingerprint density at radius 3 is 3.20 bits per heavy atom. The van der Waals surface area contributed by atoms with E-state index in [0.29, 0.717) is 6.04 Å². The number of fused-ring (bicyclic) bond motifs is 3. The van der Waals surface area contributed by atoms with Gasteiger partial charge < -0.3 is 15.5 Å². The molecule has 1 atom stereocenters. The molecule has 3 nitrogen and oxygen atoms in total. The summed E-state index contributed by atoms with van der Waals surface area (Å²) in [4.78, 5) is 2.47. The Hall–Kier alpha value is -0.930. The fourth-order valence-corrected chi connectivity index (χ4v) is 2.56. The van der Waals surface area contributed by atoms with E-state index in [9.17, 15) is 0 Å². The minimum atomic E-state index is 0.576. The Morgan fingerprint density at radius 2 is 2.27 bits per heavy atom. The van der Waals surface area contributed by atoms with Gasteiger partial charge in [0.15, 0.2) is 0 Å². The number of hydrogen-bond donors (Lipinski definition) is 2. The first-order valence-electron chi connectivity index (χ1n) is 5.35. The topological polar surface area (TPSA) is 27.3 Å². The molecule has 4 heteroatoms. The van der Waals surface area contributed by atoms with E-state index in [1.165, 1.54) is 11.4 Å². The second-order valence-electron chi connectivity index (χ2n) is 4.09. The summed E-state index contributed by atoms with van der Waals surface area (Å²) >= 11 is 5.98. The zero-order chi connectivity index (χ0) is 10.3. The smallest absolute Gasteiger partial charge is 0.0607 e. The van der Waals surface area contributed by atoms with E-state index in [2.05, 4.69) is 21.6 Å². The summed E-state index contributed by atoms with van der Waals surface area (Å²) in [6.07, 6.45) is 0. The van der Waals surface area contributed by atoms with Gasteiger partial charge in [-0.15, -0.1) is 0 Å². The molecule has 0 aromatic heterocycles. The van der Waals surface area contributed by atoms with Crippen molar-refractivity contribution in [3.05, 3.63) is 23.2 Å². The van der Waals surface area contributed by atoms with E-state index in [4.69, 9.17) is 11.6 Å². The highest BCUT2D eigenvalue weighted by Crippen LogP contribution is 2.33. The van der Waals surface area contributed by atoms with E-state index in [-0.39, 0.29) is 0 Å². The van der Waals surface area contributed by atoms with Crippen molar-refractivity contribution in [3.8, 4) is 0 Å². The maximum absolute atomic E-state index is 5.98. The number of nitrogens with zero attached hydrogens (tertiary/aromatic N) is 1. The number of anilines is 2. The molecule has 2 N–H and O–H groups in total. The fourth-order valence-electron chi connectivity index (χ4n) is 2.39. The second-order valence-corrected chi connectivity index (χ2v) is 4.53. The van der Waals surface area contributed by atoms with Crippen molar-refractivity contribution in [3.63, 3.8) is 0 Å². The standard InChI is InChI=1S/C11H14ClN3/c12-8-1-2-11-10(5-8)14-7-9-6-13-3-4-15(9)11/h1-2,5,9,13-14H,3-4,6-7H2. The van der Waals surface area contributed by atoms with E-state index >= 15 is 0 Å². The van der Waals surface area contributed by atoms with Crippen LogP contribution in [0.15, 0.2) is 18.2 Å². The van der Waals surface area contributed by atoms with Crippen LogP contribution in [0.3, 0.4) is 0 Å².